The Labute approximate surface area is 127 Å². The van der Waals surface area contributed by atoms with Crippen LogP contribution in [0.5, 0.6) is 0 Å². The van der Waals surface area contributed by atoms with Crippen molar-refractivity contribution in [2.24, 2.45) is 0 Å². The molecule has 1 amide bonds. The maximum atomic E-state index is 13.4. The molecule has 1 aromatic carbocycles. The highest BCUT2D eigenvalue weighted by Gasteiger charge is 2.19. The molecule has 1 saturated heterocycles. The summed E-state index contributed by atoms with van der Waals surface area (Å²) in [6.07, 6.45) is 0. The van der Waals surface area contributed by atoms with Gasteiger partial charge in [0.2, 0.25) is 0 Å². The molecule has 0 aromatic heterocycles. The fourth-order valence-electron chi connectivity index (χ4n) is 2.11. The number of nitrogens with zero attached hydrogens (tertiary/aromatic N) is 1. The molecule has 1 heterocycles. The molecular formula is C13H17ClF3N3O. The second-order valence-corrected chi connectivity index (χ2v) is 4.59. The van der Waals surface area contributed by atoms with E-state index in [2.05, 4.69) is 15.5 Å². The Morgan fingerprint density at radius 3 is 2.33 bits per heavy atom. The van der Waals surface area contributed by atoms with E-state index in [1.54, 1.807) is 0 Å². The SMILES string of the molecule is Cl.O=C(NCCN1CCNCC1)c1c(F)cc(F)cc1F. The van der Waals surface area contributed by atoms with E-state index in [9.17, 15) is 18.0 Å². The van der Waals surface area contributed by atoms with Gasteiger partial charge in [0.15, 0.2) is 0 Å². The molecule has 2 rings (SSSR count). The van der Waals surface area contributed by atoms with Gasteiger partial charge in [-0.2, -0.15) is 0 Å². The van der Waals surface area contributed by atoms with E-state index >= 15 is 0 Å². The summed E-state index contributed by atoms with van der Waals surface area (Å²) in [4.78, 5) is 13.8. The monoisotopic (exact) mass is 323 g/mol. The van der Waals surface area contributed by atoms with Gasteiger partial charge in [-0.3, -0.25) is 9.69 Å². The Morgan fingerprint density at radius 2 is 1.76 bits per heavy atom. The highest BCUT2D eigenvalue weighted by Crippen LogP contribution is 2.14. The molecule has 0 aliphatic carbocycles. The molecule has 8 heteroatoms. The molecule has 1 aliphatic heterocycles. The van der Waals surface area contributed by atoms with Crippen molar-refractivity contribution in [3.8, 4) is 0 Å². The third kappa shape index (κ3) is 4.87. The average Bonchev–Trinajstić information content (AvgIpc) is 2.38. The second-order valence-electron chi connectivity index (χ2n) is 4.59. The number of amides is 1. The van der Waals surface area contributed by atoms with Crippen molar-refractivity contribution in [2.75, 3.05) is 39.3 Å². The van der Waals surface area contributed by atoms with Gasteiger partial charge < -0.3 is 10.6 Å². The molecule has 0 spiro atoms. The summed E-state index contributed by atoms with van der Waals surface area (Å²) in [5.41, 5.74) is -0.744. The molecule has 21 heavy (non-hydrogen) atoms. The minimum Gasteiger partial charge on any atom is -0.351 e. The van der Waals surface area contributed by atoms with E-state index in [4.69, 9.17) is 0 Å². The summed E-state index contributed by atoms with van der Waals surface area (Å²) < 4.78 is 39.5. The minimum atomic E-state index is -1.19. The molecule has 1 aromatic rings. The van der Waals surface area contributed by atoms with Crippen LogP contribution in [-0.2, 0) is 0 Å². The molecule has 1 aliphatic rings. The van der Waals surface area contributed by atoms with Gasteiger partial charge in [-0.1, -0.05) is 0 Å². The zero-order chi connectivity index (χ0) is 14.5. The number of hydrogen-bond donors (Lipinski definition) is 2. The molecule has 0 unspecified atom stereocenters. The van der Waals surface area contributed by atoms with Gasteiger partial charge in [0, 0.05) is 51.4 Å². The Morgan fingerprint density at radius 1 is 1.19 bits per heavy atom. The van der Waals surface area contributed by atoms with Crippen molar-refractivity contribution in [3.05, 3.63) is 35.1 Å². The van der Waals surface area contributed by atoms with Crippen molar-refractivity contribution in [3.63, 3.8) is 0 Å². The molecule has 0 atom stereocenters. The number of carbonyl (C=O) groups excluding carboxylic acids is 1. The normalized spacial score (nSPS) is 15.4. The van der Waals surface area contributed by atoms with Gasteiger partial charge in [0.05, 0.1) is 0 Å². The number of hydrogen-bond acceptors (Lipinski definition) is 3. The van der Waals surface area contributed by atoms with Crippen LogP contribution in [0.2, 0.25) is 0 Å². The maximum Gasteiger partial charge on any atom is 0.257 e. The first-order valence-electron chi connectivity index (χ1n) is 6.44. The standard InChI is InChI=1S/C13H16F3N3O.ClH/c14-9-7-10(15)12(11(16)8-9)13(20)18-3-6-19-4-1-17-2-5-19;/h7-8,17H,1-6H2,(H,18,20);1H. The van der Waals surface area contributed by atoms with Crippen molar-refractivity contribution < 1.29 is 18.0 Å². The third-order valence-electron chi connectivity index (χ3n) is 3.16. The van der Waals surface area contributed by atoms with Gasteiger partial charge >= 0.3 is 0 Å². The maximum absolute atomic E-state index is 13.4. The van der Waals surface area contributed by atoms with Crippen molar-refractivity contribution in [1.82, 2.24) is 15.5 Å². The molecule has 1 fully saturated rings. The van der Waals surface area contributed by atoms with Crippen LogP contribution < -0.4 is 10.6 Å². The third-order valence-corrected chi connectivity index (χ3v) is 3.16. The summed E-state index contributed by atoms with van der Waals surface area (Å²) in [6, 6.07) is 0.989. The predicted molar refractivity (Wildman–Crippen MR) is 75.2 cm³/mol. The highest BCUT2D eigenvalue weighted by molar-refractivity contribution is 5.94. The molecule has 0 saturated carbocycles. The van der Waals surface area contributed by atoms with Crippen LogP contribution >= 0.6 is 12.4 Å². The zero-order valence-corrected chi connectivity index (χ0v) is 12.1. The van der Waals surface area contributed by atoms with Crippen LogP contribution in [0.25, 0.3) is 0 Å². The van der Waals surface area contributed by atoms with E-state index in [0.717, 1.165) is 26.2 Å². The molecule has 2 N–H and O–H groups in total. The molecule has 4 nitrogen and oxygen atoms in total. The van der Waals surface area contributed by atoms with Crippen molar-refractivity contribution >= 4 is 18.3 Å². The fourth-order valence-corrected chi connectivity index (χ4v) is 2.11. The van der Waals surface area contributed by atoms with Gasteiger partial charge in [-0.05, 0) is 0 Å². The van der Waals surface area contributed by atoms with Crippen LogP contribution in [0.4, 0.5) is 13.2 Å². The summed E-state index contributed by atoms with van der Waals surface area (Å²) in [7, 11) is 0. The number of halogens is 4. The van der Waals surface area contributed by atoms with Gasteiger partial charge in [-0.15, -0.1) is 12.4 Å². The number of rotatable bonds is 4. The summed E-state index contributed by atoms with van der Waals surface area (Å²) in [6.45, 7) is 4.40. The Balaban J connectivity index is 0.00000220. The lowest BCUT2D eigenvalue weighted by Crippen LogP contribution is -2.46. The summed E-state index contributed by atoms with van der Waals surface area (Å²) >= 11 is 0. The van der Waals surface area contributed by atoms with Crippen LogP contribution in [0.15, 0.2) is 12.1 Å². The molecule has 0 bridgehead atoms. The lowest BCUT2D eigenvalue weighted by molar-refractivity contribution is 0.0938. The quantitative estimate of drug-likeness (QED) is 0.874. The second kappa shape index (κ2) is 8.21. The van der Waals surface area contributed by atoms with E-state index < -0.39 is 28.9 Å². The van der Waals surface area contributed by atoms with E-state index in [1.807, 2.05) is 0 Å². The largest absolute Gasteiger partial charge is 0.351 e. The number of nitrogens with one attached hydrogen (secondary N) is 2. The number of piperazine rings is 1. The van der Waals surface area contributed by atoms with Crippen molar-refractivity contribution in [1.29, 1.82) is 0 Å². The lowest BCUT2D eigenvalue weighted by Gasteiger charge is -2.27. The highest BCUT2D eigenvalue weighted by atomic mass is 35.5. The van der Waals surface area contributed by atoms with Gasteiger partial charge in [-0.25, -0.2) is 13.2 Å². The van der Waals surface area contributed by atoms with Crippen molar-refractivity contribution in [2.45, 2.75) is 0 Å². The average molecular weight is 324 g/mol. The predicted octanol–water partition coefficient (Wildman–Crippen LogP) is 1.16. The first-order valence-corrected chi connectivity index (χ1v) is 6.44. The molecular weight excluding hydrogens is 307 g/mol. The smallest absolute Gasteiger partial charge is 0.257 e. The van der Waals surface area contributed by atoms with Crippen LogP contribution in [0, 0.1) is 17.5 Å². The fraction of sp³-hybridized carbons (Fsp3) is 0.462. The van der Waals surface area contributed by atoms with Gasteiger partial charge in [0.1, 0.15) is 23.0 Å². The van der Waals surface area contributed by atoms with Crippen LogP contribution in [0.3, 0.4) is 0 Å². The summed E-state index contributed by atoms with van der Waals surface area (Å²) in [5, 5.41) is 5.64. The van der Waals surface area contributed by atoms with E-state index in [-0.39, 0.29) is 19.0 Å². The Hall–Kier alpha value is -1.31. The molecule has 118 valence electrons. The van der Waals surface area contributed by atoms with Crippen LogP contribution in [0.1, 0.15) is 10.4 Å². The lowest BCUT2D eigenvalue weighted by atomic mass is 10.2. The minimum absolute atomic E-state index is 0. The first kappa shape index (κ1) is 17.7. The van der Waals surface area contributed by atoms with Crippen LogP contribution in [-0.4, -0.2) is 50.1 Å². The molecule has 0 radical (unpaired) electrons. The summed E-state index contributed by atoms with van der Waals surface area (Å²) in [5.74, 6) is -4.29. The number of carbonyl (C=O) groups is 1. The van der Waals surface area contributed by atoms with E-state index in [1.165, 1.54) is 0 Å². The Kier molecular flexibility index (Phi) is 6.94. The Bertz CT molecular complexity index is 473. The number of benzene rings is 1. The first-order chi connectivity index (χ1) is 9.58. The van der Waals surface area contributed by atoms with Gasteiger partial charge in [0.25, 0.3) is 5.91 Å². The van der Waals surface area contributed by atoms with E-state index in [0.29, 0.717) is 18.7 Å². The topological polar surface area (TPSA) is 44.4 Å². The zero-order valence-electron chi connectivity index (χ0n) is 11.3.